The lowest BCUT2D eigenvalue weighted by Crippen LogP contribution is -1.84. The Labute approximate surface area is 94.4 Å². The lowest BCUT2D eigenvalue weighted by atomic mass is 10.3. The molecule has 0 saturated carbocycles. The van der Waals surface area contributed by atoms with Gasteiger partial charge in [0.1, 0.15) is 10.8 Å². The van der Waals surface area contributed by atoms with Gasteiger partial charge in [0.15, 0.2) is 0 Å². The first kappa shape index (κ1) is 13.6. The average Bonchev–Trinajstić information content (AvgIpc) is 2.16. The van der Waals surface area contributed by atoms with Crippen molar-refractivity contribution in [3.05, 3.63) is 28.2 Å². The summed E-state index contributed by atoms with van der Waals surface area (Å²) in [5, 5.41) is 9.46. The highest BCUT2D eigenvalue weighted by Crippen LogP contribution is 2.29. The molecule has 0 aromatic heterocycles. The summed E-state index contributed by atoms with van der Waals surface area (Å²) in [4.78, 5) is 0. The number of ether oxygens (including phenoxy) is 1. The van der Waals surface area contributed by atoms with E-state index in [1.807, 2.05) is 13.8 Å². The van der Waals surface area contributed by atoms with E-state index in [0.29, 0.717) is 5.02 Å². The molecule has 0 aliphatic rings. The Morgan fingerprint density at radius 3 is 2.07 bits per heavy atom. The molecule has 1 N–H and O–H groups in total. The van der Waals surface area contributed by atoms with Gasteiger partial charge in [-0.15, -0.1) is 0 Å². The van der Waals surface area contributed by atoms with Crippen LogP contribution in [0.25, 0.3) is 0 Å². The van der Waals surface area contributed by atoms with Crippen LogP contribution in [0.2, 0.25) is 10.0 Å². The summed E-state index contributed by atoms with van der Waals surface area (Å²) in [5.41, 5.74) is 0. The highest BCUT2D eigenvalue weighted by Gasteiger charge is 1.99. The molecule has 14 heavy (non-hydrogen) atoms. The maximum absolute atomic E-state index is 8.88. The zero-order valence-electron chi connectivity index (χ0n) is 8.26. The first-order valence-electron chi connectivity index (χ1n) is 4.34. The normalized spacial score (nSPS) is 9.14. The van der Waals surface area contributed by atoms with E-state index in [4.69, 9.17) is 33.0 Å². The maximum atomic E-state index is 8.88. The number of hydrogen-bond donors (Lipinski definition) is 1. The van der Waals surface area contributed by atoms with E-state index in [1.165, 1.54) is 6.07 Å². The second kappa shape index (κ2) is 7.92. The summed E-state index contributed by atoms with van der Waals surface area (Å²) in [7, 11) is 0. The van der Waals surface area contributed by atoms with E-state index < -0.39 is 0 Å². The molecule has 0 aliphatic carbocycles. The van der Waals surface area contributed by atoms with Gasteiger partial charge in [-0.05, 0) is 26.0 Å². The van der Waals surface area contributed by atoms with Crippen molar-refractivity contribution in [3.8, 4) is 5.75 Å². The van der Waals surface area contributed by atoms with Crippen molar-refractivity contribution < 1.29 is 9.84 Å². The van der Waals surface area contributed by atoms with Crippen molar-refractivity contribution in [3.63, 3.8) is 0 Å². The van der Waals surface area contributed by atoms with Crippen LogP contribution in [0.15, 0.2) is 18.2 Å². The van der Waals surface area contributed by atoms with Gasteiger partial charge in [-0.1, -0.05) is 29.3 Å². The Hall–Kier alpha value is -0.440. The topological polar surface area (TPSA) is 29.5 Å². The zero-order valence-corrected chi connectivity index (χ0v) is 9.77. The van der Waals surface area contributed by atoms with E-state index >= 15 is 0 Å². The number of aromatic hydroxyl groups is 1. The lowest BCUT2D eigenvalue weighted by molar-refractivity contribution is 0.162. The molecule has 0 spiro atoms. The van der Waals surface area contributed by atoms with Crippen LogP contribution >= 0.6 is 23.2 Å². The molecule has 0 amide bonds. The molecule has 2 nitrogen and oxygen atoms in total. The number of phenols is 1. The van der Waals surface area contributed by atoms with E-state index in [0.717, 1.165) is 13.2 Å². The number of phenolic OH excluding ortho intramolecular Hbond substituents is 1. The molecule has 0 heterocycles. The van der Waals surface area contributed by atoms with Gasteiger partial charge in [0.25, 0.3) is 0 Å². The number of benzene rings is 1. The van der Waals surface area contributed by atoms with E-state index in [-0.39, 0.29) is 10.8 Å². The van der Waals surface area contributed by atoms with E-state index in [1.54, 1.807) is 12.1 Å². The molecule has 0 atom stereocenters. The van der Waals surface area contributed by atoms with Gasteiger partial charge >= 0.3 is 0 Å². The van der Waals surface area contributed by atoms with Gasteiger partial charge in [-0.2, -0.15) is 0 Å². The van der Waals surface area contributed by atoms with Gasteiger partial charge in [0.2, 0.25) is 0 Å². The first-order valence-corrected chi connectivity index (χ1v) is 5.09. The van der Waals surface area contributed by atoms with E-state index in [9.17, 15) is 0 Å². The van der Waals surface area contributed by atoms with Crippen molar-refractivity contribution >= 4 is 23.2 Å². The van der Waals surface area contributed by atoms with Crippen LogP contribution in [0.5, 0.6) is 5.75 Å². The number of hydrogen-bond acceptors (Lipinski definition) is 2. The summed E-state index contributed by atoms with van der Waals surface area (Å²) in [6.45, 7) is 5.67. The Balaban J connectivity index is 0.000000292. The van der Waals surface area contributed by atoms with Crippen LogP contribution in [0, 0.1) is 0 Å². The summed E-state index contributed by atoms with van der Waals surface area (Å²) in [5.74, 6) is 0.0177. The fourth-order valence-corrected chi connectivity index (χ4v) is 0.992. The lowest BCUT2D eigenvalue weighted by Gasteiger charge is -1.95. The molecule has 0 unspecified atom stereocenters. The molecule has 1 aromatic carbocycles. The minimum absolute atomic E-state index is 0.0177. The molecule has 4 heteroatoms. The van der Waals surface area contributed by atoms with Crippen LogP contribution in [0.3, 0.4) is 0 Å². The van der Waals surface area contributed by atoms with E-state index in [2.05, 4.69) is 0 Å². The summed E-state index contributed by atoms with van der Waals surface area (Å²) in [6, 6.07) is 4.72. The van der Waals surface area contributed by atoms with Crippen LogP contribution < -0.4 is 0 Å². The highest BCUT2D eigenvalue weighted by molar-refractivity contribution is 6.42. The molecular weight excluding hydrogens is 223 g/mol. The predicted molar refractivity (Wildman–Crippen MR) is 60.3 cm³/mol. The SMILES string of the molecule is CCOCC.Oc1cccc(Cl)c1Cl. The van der Waals surface area contributed by atoms with Gasteiger partial charge in [-0.25, -0.2) is 0 Å². The second-order valence-corrected chi connectivity index (χ2v) is 3.14. The maximum Gasteiger partial charge on any atom is 0.135 e. The van der Waals surface area contributed by atoms with Crippen LogP contribution in [-0.4, -0.2) is 18.3 Å². The van der Waals surface area contributed by atoms with Gasteiger partial charge in [0, 0.05) is 13.2 Å². The van der Waals surface area contributed by atoms with Crippen molar-refractivity contribution in [1.82, 2.24) is 0 Å². The standard InChI is InChI=1S/C6H4Cl2O.C4H10O/c7-4-2-1-3-5(9)6(4)8;1-3-5-4-2/h1-3,9H;3-4H2,1-2H3. The molecule has 0 radical (unpaired) electrons. The van der Waals surface area contributed by atoms with Crippen molar-refractivity contribution in [2.75, 3.05) is 13.2 Å². The highest BCUT2D eigenvalue weighted by atomic mass is 35.5. The Kier molecular flexibility index (Phi) is 7.67. The largest absolute Gasteiger partial charge is 0.506 e. The molecule has 0 aliphatic heterocycles. The quantitative estimate of drug-likeness (QED) is 0.848. The smallest absolute Gasteiger partial charge is 0.135 e. The van der Waals surface area contributed by atoms with Crippen LogP contribution in [0.4, 0.5) is 0 Å². The third-order valence-electron chi connectivity index (χ3n) is 1.34. The van der Waals surface area contributed by atoms with Gasteiger partial charge in [-0.3, -0.25) is 0 Å². The molecule has 1 aromatic rings. The Morgan fingerprint density at radius 1 is 1.21 bits per heavy atom. The molecule has 0 fully saturated rings. The van der Waals surface area contributed by atoms with Crippen LogP contribution in [0.1, 0.15) is 13.8 Å². The minimum atomic E-state index is 0.0177. The minimum Gasteiger partial charge on any atom is -0.506 e. The second-order valence-electron chi connectivity index (χ2n) is 2.35. The average molecular weight is 237 g/mol. The predicted octanol–water partition coefficient (Wildman–Crippen LogP) is 3.74. The first-order chi connectivity index (χ1) is 6.63. The third kappa shape index (κ3) is 5.32. The van der Waals surface area contributed by atoms with Crippen molar-refractivity contribution in [1.29, 1.82) is 0 Å². The zero-order chi connectivity index (χ0) is 11.0. The fourth-order valence-electron chi connectivity index (χ4n) is 0.697. The summed E-state index contributed by atoms with van der Waals surface area (Å²) >= 11 is 11.0. The van der Waals surface area contributed by atoms with Crippen LogP contribution in [-0.2, 0) is 4.74 Å². The fraction of sp³-hybridized carbons (Fsp3) is 0.400. The van der Waals surface area contributed by atoms with Gasteiger partial charge in [0.05, 0.1) is 5.02 Å². The summed E-state index contributed by atoms with van der Waals surface area (Å²) < 4.78 is 4.83. The molecular formula is C10H14Cl2O2. The molecule has 0 saturated heterocycles. The van der Waals surface area contributed by atoms with Gasteiger partial charge < -0.3 is 9.84 Å². The molecule has 80 valence electrons. The third-order valence-corrected chi connectivity index (χ3v) is 2.15. The number of rotatable bonds is 2. The molecule has 0 bridgehead atoms. The summed E-state index contributed by atoms with van der Waals surface area (Å²) in [6.07, 6.45) is 0. The number of halogens is 2. The Bertz CT molecular complexity index is 242. The Morgan fingerprint density at radius 2 is 1.79 bits per heavy atom. The monoisotopic (exact) mass is 236 g/mol. The van der Waals surface area contributed by atoms with Crippen molar-refractivity contribution in [2.45, 2.75) is 13.8 Å². The molecule has 1 rings (SSSR count). The van der Waals surface area contributed by atoms with Crippen molar-refractivity contribution in [2.24, 2.45) is 0 Å².